The highest BCUT2D eigenvalue weighted by Crippen LogP contribution is 2.28. The summed E-state index contributed by atoms with van der Waals surface area (Å²) in [5, 5.41) is 6.94. The number of carbonyl (C=O) groups is 1. The number of pyridine rings is 2. The van der Waals surface area contributed by atoms with Crippen LogP contribution in [0.15, 0.2) is 23.5 Å². The third-order valence-corrected chi connectivity index (χ3v) is 4.36. The summed E-state index contributed by atoms with van der Waals surface area (Å²) in [4.78, 5) is 30.8. The van der Waals surface area contributed by atoms with E-state index in [-0.39, 0.29) is 18.4 Å². The minimum Gasteiger partial charge on any atom is -0.388 e. The summed E-state index contributed by atoms with van der Waals surface area (Å²) in [5.41, 5.74) is 9.84. The molecule has 0 aromatic carbocycles. The van der Waals surface area contributed by atoms with Crippen molar-refractivity contribution in [3.05, 3.63) is 24.2 Å². The number of nitrogen functional groups attached to an aromatic ring is 1. The van der Waals surface area contributed by atoms with E-state index in [2.05, 4.69) is 25.4 Å². The van der Waals surface area contributed by atoms with Gasteiger partial charge < -0.3 is 20.5 Å². The molecule has 29 heavy (non-hydrogen) atoms. The molecule has 0 aliphatic heterocycles. The van der Waals surface area contributed by atoms with Crippen LogP contribution in [0.1, 0.15) is 39.9 Å². The Morgan fingerprint density at radius 1 is 1.31 bits per heavy atom. The summed E-state index contributed by atoms with van der Waals surface area (Å²) >= 11 is 0. The molecular weight excluding hydrogens is 370 g/mol. The summed E-state index contributed by atoms with van der Waals surface area (Å²) in [6, 6.07) is 3.70. The SMILES string of the molecule is CC(C)=NOCc1nc2c(N)nc3cccnc3c2n1CCCNC(=O)C(C)C. The number of hydrogen-bond donors (Lipinski definition) is 2. The Hall–Kier alpha value is -3.23. The number of nitrogens with two attached hydrogens (primary N) is 1. The van der Waals surface area contributed by atoms with Crippen molar-refractivity contribution in [3.63, 3.8) is 0 Å². The molecule has 3 aromatic rings. The summed E-state index contributed by atoms with van der Waals surface area (Å²) < 4.78 is 2.03. The molecule has 3 N–H and O–H groups in total. The van der Waals surface area contributed by atoms with Gasteiger partial charge in [0.05, 0.1) is 11.2 Å². The highest BCUT2D eigenvalue weighted by molar-refractivity contribution is 6.04. The van der Waals surface area contributed by atoms with Crippen LogP contribution in [-0.2, 0) is 22.8 Å². The van der Waals surface area contributed by atoms with Crippen molar-refractivity contribution >= 4 is 39.5 Å². The predicted octanol–water partition coefficient (Wildman–Crippen LogP) is 2.64. The molecule has 3 aromatic heterocycles. The second-order valence-electron chi connectivity index (χ2n) is 7.36. The number of oxime groups is 1. The largest absolute Gasteiger partial charge is 0.388 e. The summed E-state index contributed by atoms with van der Waals surface area (Å²) in [7, 11) is 0. The zero-order chi connectivity index (χ0) is 21.0. The number of imidazole rings is 1. The van der Waals surface area contributed by atoms with Crippen LogP contribution >= 0.6 is 0 Å². The van der Waals surface area contributed by atoms with Gasteiger partial charge >= 0.3 is 0 Å². The van der Waals surface area contributed by atoms with E-state index in [1.165, 1.54) is 0 Å². The summed E-state index contributed by atoms with van der Waals surface area (Å²) in [6.45, 7) is 8.86. The Labute approximate surface area is 169 Å². The standard InChI is InChI=1S/C20H27N7O2/c1-12(2)20(28)23-9-6-10-27-15(11-29-26-13(3)4)25-17-18(27)16-14(24-19(17)21)7-5-8-22-16/h5,7-8,12H,6,9-11H2,1-4H3,(H2,21,24)(H,23,28). The second-order valence-corrected chi connectivity index (χ2v) is 7.36. The van der Waals surface area contributed by atoms with Gasteiger partial charge in [0.1, 0.15) is 16.6 Å². The number of anilines is 1. The van der Waals surface area contributed by atoms with Crippen molar-refractivity contribution in [1.29, 1.82) is 0 Å². The molecule has 154 valence electrons. The van der Waals surface area contributed by atoms with Gasteiger partial charge in [-0.15, -0.1) is 0 Å². The number of aryl methyl sites for hydroxylation is 1. The highest BCUT2D eigenvalue weighted by Gasteiger charge is 2.18. The minimum atomic E-state index is -0.0396. The number of hydrogen-bond acceptors (Lipinski definition) is 7. The second kappa shape index (κ2) is 8.85. The van der Waals surface area contributed by atoms with Crippen molar-refractivity contribution < 1.29 is 9.63 Å². The first kappa shape index (κ1) is 20.5. The maximum Gasteiger partial charge on any atom is 0.222 e. The van der Waals surface area contributed by atoms with Gasteiger partial charge in [-0.25, -0.2) is 9.97 Å². The fraction of sp³-hybridized carbons (Fsp3) is 0.450. The number of rotatable bonds is 8. The molecule has 0 fully saturated rings. The van der Waals surface area contributed by atoms with Gasteiger partial charge in [-0.05, 0) is 32.4 Å². The zero-order valence-electron chi connectivity index (χ0n) is 17.3. The highest BCUT2D eigenvalue weighted by atomic mass is 16.6. The Morgan fingerprint density at radius 2 is 2.10 bits per heavy atom. The fourth-order valence-electron chi connectivity index (χ4n) is 2.99. The van der Waals surface area contributed by atoms with E-state index in [0.717, 1.165) is 23.2 Å². The third kappa shape index (κ3) is 4.61. The summed E-state index contributed by atoms with van der Waals surface area (Å²) in [6.07, 6.45) is 2.45. The van der Waals surface area contributed by atoms with Crippen molar-refractivity contribution in [1.82, 2.24) is 24.8 Å². The lowest BCUT2D eigenvalue weighted by molar-refractivity contribution is -0.123. The Balaban J connectivity index is 1.96. The van der Waals surface area contributed by atoms with E-state index in [1.54, 1.807) is 6.20 Å². The van der Waals surface area contributed by atoms with Crippen LogP contribution in [0.5, 0.6) is 0 Å². The van der Waals surface area contributed by atoms with Gasteiger partial charge in [0.15, 0.2) is 18.2 Å². The Bertz CT molecular complexity index is 1050. The normalized spacial score (nSPS) is 11.2. The molecule has 0 atom stereocenters. The molecule has 0 radical (unpaired) electrons. The van der Waals surface area contributed by atoms with E-state index in [1.807, 2.05) is 44.4 Å². The molecule has 9 heteroatoms. The van der Waals surface area contributed by atoms with Crippen LogP contribution in [0.25, 0.3) is 22.1 Å². The number of carbonyl (C=O) groups excluding carboxylic acids is 1. The first-order valence-corrected chi connectivity index (χ1v) is 9.68. The number of fused-ring (bicyclic) bond motifs is 3. The van der Waals surface area contributed by atoms with Crippen LogP contribution in [0, 0.1) is 5.92 Å². The monoisotopic (exact) mass is 397 g/mol. The van der Waals surface area contributed by atoms with E-state index in [9.17, 15) is 4.79 Å². The van der Waals surface area contributed by atoms with Crippen molar-refractivity contribution in [2.45, 2.75) is 47.3 Å². The molecule has 0 saturated carbocycles. The molecular formula is C20H27N7O2. The molecule has 3 rings (SSSR count). The van der Waals surface area contributed by atoms with Crippen molar-refractivity contribution in [3.8, 4) is 0 Å². The van der Waals surface area contributed by atoms with Gasteiger partial charge in [0, 0.05) is 25.2 Å². The van der Waals surface area contributed by atoms with Crippen molar-refractivity contribution in [2.75, 3.05) is 12.3 Å². The zero-order valence-corrected chi connectivity index (χ0v) is 17.3. The average molecular weight is 397 g/mol. The molecule has 0 aliphatic carbocycles. The molecule has 0 bridgehead atoms. The topological polar surface area (TPSA) is 120 Å². The maximum absolute atomic E-state index is 11.8. The lowest BCUT2D eigenvalue weighted by Gasteiger charge is -2.11. The average Bonchev–Trinajstić information content (AvgIpc) is 3.04. The molecule has 0 unspecified atom stereocenters. The molecule has 3 heterocycles. The van der Waals surface area contributed by atoms with Crippen LogP contribution in [0.4, 0.5) is 5.82 Å². The third-order valence-electron chi connectivity index (χ3n) is 4.36. The molecule has 1 amide bonds. The van der Waals surface area contributed by atoms with E-state index >= 15 is 0 Å². The number of nitrogens with one attached hydrogen (secondary N) is 1. The fourth-order valence-corrected chi connectivity index (χ4v) is 2.99. The van der Waals surface area contributed by atoms with Gasteiger partial charge in [0.2, 0.25) is 5.91 Å². The van der Waals surface area contributed by atoms with Gasteiger partial charge in [0.25, 0.3) is 0 Å². The first-order valence-electron chi connectivity index (χ1n) is 9.68. The van der Waals surface area contributed by atoms with E-state index < -0.39 is 0 Å². The quantitative estimate of drug-likeness (QED) is 0.342. The number of amides is 1. The Morgan fingerprint density at radius 3 is 2.83 bits per heavy atom. The van der Waals surface area contributed by atoms with E-state index in [0.29, 0.717) is 35.8 Å². The lowest BCUT2D eigenvalue weighted by atomic mass is 10.2. The molecule has 0 aliphatic rings. The summed E-state index contributed by atoms with van der Waals surface area (Å²) in [5.74, 6) is 1.04. The molecule has 0 saturated heterocycles. The maximum atomic E-state index is 11.8. The van der Waals surface area contributed by atoms with Crippen molar-refractivity contribution in [2.24, 2.45) is 11.1 Å². The van der Waals surface area contributed by atoms with Gasteiger partial charge in [-0.2, -0.15) is 0 Å². The minimum absolute atomic E-state index is 0.0392. The smallest absolute Gasteiger partial charge is 0.222 e. The Kier molecular flexibility index (Phi) is 6.26. The molecule has 9 nitrogen and oxygen atoms in total. The van der Waals surface area contributed by atoms with Gasteiger partial charge in [-0.1, -0.05) is 19.0 Å². The van der Waals surface area contributed by atoms with Crippen LogP contribution < -0.4 is 11.1 Å². The number of nitrogens with zero attached hydrogens (tertiary/aromatic N) is 5. The molecule has 0 spiro atoms. The number of aromatic nitrogens is 4. The van der Waals surface area contributed by atoms with Crippen LogP contribution in [0.3, 0.4) is 0 Å². The van der Waals surface area contributed by atoms with Gasteiger partial charge in [-0.3, -0.25) is 9.78 Å². The van der Waals surface area contributed by atoms with Crippen LogP contribution in [0.2, 0.25) is 0 Å². The first-order chi connectivity index (χ1) is 13.9. The van der Waals surface area contributed by atoms with Crippen LogP contribution in [-0.4, -0.2) is 37.7 Å². The van der Waals surface area contributed by atoms with E-state index in [4.69, 9.17) is 10.6 Å². The lowest BCUT2D eigenvalue weighted by Crippen LogP contribution is -2.29. The predicted molar refractivity (Wildman–Crippen MR) is 113 cm³/mol.